The maximum atomic E-state index is 13.5. The zero-order chi connectivity index (χ0) is 24.3. The number of fused-ring (bicyclic) bond motifs is 1. The van der Waals surface area contributed by atoms with Crippen molar-refractivity contribution in [3.05, 3.63) is 23.8 Å². The molecule has 0 aliphatic carbocycles. The van der Waals surface area contributed by atoms with Crippen LogP contribution in [0.3, 0.4) is 0 Å². The summed E-state index contributed by atoms with van der Waals surface area (Å²) in [6.07, 6.45) is 2.13. The smallest absolute Gasteiger partial charge is 0.248 e. The molecule has 3 aliphatic rings. The Bertz CT molecular complexity index is 887. The molecule has 9 heteroatoms. The Labute approximate surface area is 215 Å². The summed E-state index contributed by atoms with van der Waals surface area (Å²) in [4.78, 5) is 31.1. The van der Waals surface area contributed by atoms with E-state index in [1.54, 1.807) is 4.90 Å². The highest BCUT2D eigenvalue weighted by atomic mass is 127. The second-order valence-electron chi connectivity index (χ2n) is 9.86. The molecule has 3 aliphatic heterocycles. The van der Waals surface area contributed by atoms with Crippen LogP contribution in [-0.4, -0.2) is 81.7 Å². The average Bonchev–Trinajstić information content (AvgIpc) is 2.84. The molecule has 3 heterocycles. The predicted molar refractivity (Wildman–Crippen MR) is 137 cm³/mol. The first-order valence-electron chi connectivity index (χ1n) is 12.3. The number of unbranched alkanes of at least 4 members (excludes halogenated alkanes) is 1. The van der Waals surface area contributed by atoms with Gasteiger partial charge in [-0.1, -0.05) is 42.5 Å². The van der Waals surface area contributed by atoms with Crippen molar-refractivity contribution in [3.63, 3.8) is 0 Å². The number of hydrogen-bond acceptors (Lipinski definition) is 6. The van der Waals surface area contributed by atoms with E-state index in [1.807, 2.05) is 26.0 Å². The molecule has 0 bridgehead atoms. The van der Waals surface area contributed by atoms with Crippen LogP contribution in [0.4, 0.5) is 0 Å². The second-order valence-corrected chi connectivity index (χ2v) is 10.9. The van der Waals surface area contributed by atoms with Crippen molar-refractivity contribution >= 4 is 34.4 Å². The summed E-state index contributed by atoms with van der Waals surface area (Å²) in [5.74, 6) is 1.18. The standard InChI is InChI=1S/C25H36IN3O5/c1-17(2)22(30)21-23(31)29(10-4-3-9-26)25(24(32)27-21)7-11-28(12-8-25)16-18-5-6-19-20(15-18)34-14-13-33-19/h5-6,15,17,21-22,30H,3-4,7-14,16H2,1-2H3,(H,27,32)/t21-,22+/m1/s1. The molecule has 8 nitrogen and oxygen atoms in total. The van der Waals surface area contributed by atoms with Crippen molar-refractivity contribution in [2.75, 3.05) is 37.3 Å². The molecular weight excluding hydrogens is 549 g/mol. The van der Waals surface area contributed by atoms with Gasteiger partial charge in [0, 0.05) is 26.2 Å². The molecule has 2 saturated heterocycles. The first-order chi connectivity index (χ1) is 16.4. The molecule has 0 saturated carbocycles. The van der Waals surface area contributed by atoms with Gasteiger partial charge in [-0.3, -0.25) is 14.5 Å². The number of nitrogens with one attached hydrogen (secondary N) is 1. The molecule has 2 N–H and O–H groups in total. The Hall–Kier alpha value is -1.59. The van der Waals surface area contributed by atoms with Gasteiger partial charge in [0.1, 0.15) is 24.8 Å². The Balaban J connectivity index is 1.46. The van der Waals surface area contributed by atoms with Crippen LogP contribution in [0.15, 0.2) is 18.2 Å². The van der Waals surface area contributed by atoms with E-state index in [0.717, 1.165) is 54.0 Å². The van der Waals surface area contributed by atoms with Gasteiger partial charge < -0.3 is 24.8 Å². The molecule has 2 fully saturated rings. The number of likely N-dealkylation sites (tertiary alicyclic amines) is 1. The SMILES string of the molecule is CC(C)[C@H](O)[C@H]1NC(=O)C2(CCN(Cc3ccc4c(c3)OCCO4)CC2)N(CCCCI)C1=O. The van der Waals surface area contributed by atoms with E-state index in [2.05, 4.69) is 38.9 Å². The van der Waals surface area contributed by atoms with E-state index in [-0.39, 0.29) is 17.7 Å². The highest BCUT2D eigenvalue weighted by molar-refractivity contribution is 14.1. The molecule has 1 aromatic rings. The van der Waals surface area contributed by atoms with Gasteiger partial charge in [0.05, 0.1) is 6.10 Å². The quantitative estimate of drug-likeness (QED) is 0.277. The number of piperazine rings is 1. The molecule has 1 spiro atoms. The van der Waals surface area contributed by atoms with Crippen LogP contribution >= 0.6 is 22.6 Å². The summed E-state index contributed by atoms with van der Waals surface area (Å²) >= 11 is 2.34. The van der Waals surface area contributed by atoms with Crippen LogP contribution in [0, 0.1) is 5.92 Å². The minimum atomic E-state index is -0.892. The van der Waals surface area contributed by atoms with E-state index in [0.29, 0.717) is 32.6 Å². The fraction of sp³-hybridized carbons (Fsp3) is 0.680. The minimum Gasteiger partial charge on any atom is -0.486 e. The van der Waals surface area contributed by atoms with E-state index < -0.39 is 17.7 Å². The van der Waals surface area contributed by atoms with Crippen LogP contribution in [-0.2, 0) is 16.1 Å². The number of piperidine rings is 1. The van der Waals surface area contributed by atoms with Crippen molar-refractivity contribution in [1.29, 1.82) is 0 Å². The molecule has 1 aromatic carbocycles. The summed E-state index contributed by atoms with van der Waals surface area (Å²) in [7, 11) is 0. The third kappa shape index (κ3) is 5.16. The maximum Gasteiger partial charge on any atom is 0.248 e. The third-order valence-corrected chi connectivity index (χ3v) is 8.01. The van der Waals surface area contributed by atoms with E-state index in [9.17, 15) is 14.7 Å². The number of carbonyl (C=O) groups is 2. The van der Waals surface area contributed by atoms with Gasteiger partial charge in [0.25, 0.3) is 0 Å². The number of alkyl halides is 1. The number of nitrogens with zero attached hydrogens (tertiary/aromatic N) is 2. The molecule has 188 valence electrons. The van der Waals surface area contributed by atoms with Crippen molar-refractivity contribution < 1.29 is 24.2 Å². The van der Waals surface area contributed by atoms with Gasteiger partial charge in [-0.05, 0) is 53.7 Å². The monoisotopic (exact) mass is 585 g/mol. The largest absolute Gasteiger partial charge is 0.486 e. The number of hydrogen-bond donors (Lipinski definition) is 2. The summed E-state index contributed by atoms with van der Waals surface area (Å²) < 4.78 is 12.3. The molecule has 2 amide bonds. The normalized spacial score (nSPS) is 23.3. The lowest BCUT2D eigenvalue weighted by Crippen LogP contribution is -2.74. The fourth-order valence-electron chi connectivity index (χ4n) is 5.17. The number of aliphatic hydroxyl groups excluding tert-OH is 1. The van der Waals surface area contributed by atoms with Gasteiger partial charge in [0.15, 0.2) is 11.5 Å². The van der Waals surface area contributed by atoms with Crippen molar-refractivity contribution in [3.8, 4) is 11.5 Å². The van der Waals surface area contributed by atoms with E-state index in [4.69, 9.17) is 9.47 Å². The zero-order valence-electron chi connectivity index (χ0n) is 20.1. The average molecular weight is 585 g/mol. The van der Waals surface area contributed by atoms with Crippen LogP contribution in [0.1, 0.15) is 45.1 Å². The second kappa shape index (κ2) is 11.0. The third-order valence-electron chi connectivity index (χ3n) is 7.24. The molecule has 0 radical (unpaired) electrons. The molecule has 2 atom stereocenters. The van der Waals surface area contributed by atoms with E-state index in [1.165, 1.54) is 0 Å². The number of carbonyl (C=O) groups excluding carboxylic acids is 2. The number of amides is 2. The molecule has 34 heavy (non-hydrogen) atoms. The van der Waals surface area contributed by atoms with Crippen LogP contribution in [0.5, 0.6) is 11.5 Å². The Morgan fingerprint density at radius 1 is 1.15 bits per heavy atom. The molecular formula is C25H36IN3O5. The zero-order valence-corrected chi connectivity index (χ0v) is 22.3. The lowest BCUT2D eigenvalue weighted by molar-refractivity contribution is -0.165. The van der Waals surface area contributed by atoms with Gasteiger partial charge >= 0.3 is 0 Å². The molecule has 4 rings (SSSR count). The van der Waals surface area contributed by atoms with Gasteiger partial charge in [0.2, 0.25) is 11.8 Å². The lowest BCUT2D eigenvalue weighted by Gasteiger charge is -2.52. The number of aliphatic hydroxyl groups is 1. The number of benzene rings is 1. The number of halogens is 1. The Kier molecular flexibility index (Phi) is 8.24. The first kappa shape index (κ1) is 25.5. The summed E-state index contributed by atoms with van der Waals surface area (Å²) in [6.45, 7) is 7.61. The van der Waals surface area contributed by atoms with Crippen LogP contribution < -0.4 is 14.8 Å². The van der Waals surface area contributed by atoms with Crippen molar-refractivity contribution in [2.24, 2.45) is 5.92 Å². The molecule has 0 aromatic heterocycles. The topological polar surface area (TPSA) is 91.3 Å². The minimum absolute atomic E-state index is 0.118. The van der Waals surface area contributed by atoms with E-state index >= 15 is 0 Å². The lowest BCUT2D eigenvalue weighted by atomic mass is 9.80. The number of rotatable bonds is 8. The summed E-state index contributed by atoms with van der Waals surface area (Å²) in [5.41, 5.74) is 0.308. The summed E-state index contributed by atoms with van der Waals surface area (Å²) in [5, 5.41) is 13.5. The van der Waals surface area contributed by atoms with Crippen LogP contribution in [0.25, 0.3) is 0 Å². The highest BCUT2D eigenvalue weighted by Crippen LogP contribution is 2.36. The highest BCUT2D eigenvalue weighted by Gasteiger charge is 2.54. The summed E-state index contributed by atoms with van der Waals surface area (Å²) in [6, 6.07) is 5.18. The fourth-order valence-corrected chi connectivity index (χ4v) is 5.71. The molecule has 0 unspecified atom stereocenters. The predicted octanol–water partition coefficient (Wildman–Crippen LogP) is 2.35. The van der Waals surface area contributed by atoms with Gasteiger partial charge in [-0.25, -0.2) is 0 Å². The first-order valence-corrected chi connectivity index (χ1v) is 13.9. The Morgan fingerprint density at radius 2 is 1.85 bits per heavy atom. The van der Waals surface area contributed by atoms with Crippen LogP contribution in [0.2, 0.25) is 0 Å². The van der Waals surface area contributed by atoms with Gasteiger partial charge in [-0.2, -0.15) is 0 Å². The maximum absolute atomic E-state index is 13.5. The Morgan fingerprint density at radius 3 is 2.53 bits per heavy atom. The number of ether oxygens (including phenoxy) is 2. The van der Waals surface area contributed by atoms with Crippen molar-refractivity contribution in [1.82, 2.24) is 15.1 Å². The van der Waals surface area contributed by atoms with Gasteiger partial charge in [-0.15, -0.1) is 0 Å². The van der Waals surface area contributed by atoms with Crippen molar-refractivity contribution in [2.45, 2.75) is 63.8 Å².